The van der Waals surface area contributed by atoms with E-state index in [0.717, 1.165) is 58.7 Å². The van der Waals surface area contributed by atoms with E-state index in [1.165, 1.54) is 27.3 Å². The Hall–Kier alpha value is -6.49. The summed E-state index contributed by atoms with van der Waals surface area (Å²) in [5, 5.41) is 2.46. The molecule has 0 saturated heterocycles. The molecule has 302 valence electrons. The summed E-state index contributed by atoms with van der Waals surface area (Å²) in [7, 11) is 0. The van der Waals surface area contributed by atoms with Gasteiger partial charge in [0, 0.05) is 32.7 Å². The van der Waals surface area contributed by atoms with Crippen molar-refractivity contribution in [3.05, 3.63) is 166 Å². The Morgan fingerprint density at radius 1 is 0.350 bits per heavy atom. The van der Waals surface area contributed by atoms with Crippen molar-refractivity contribution in [3.8, 4) is 33.6 Å². The number of nitrogens with zero attached hydrogens (tertiary/aromatic N) is 2. The predicted octanol–water partition coefficient (Wildman–Crippen LogP) is 15.5. The third-order valence-electron chi connectivity index (χ3n) is 11.2. The lowest BCUT2D eigenvalue weighted by Gasteiger charge is -2.27. The molecule has 9 aromatic rings. The number of alkyl halides is 9. The van der Waals surface area contributed by atoms with Crippen LogP contribution in [-0.4, -0.2) is 9.13 Å². The molecule has 0 atom stereocenters. The van der Waals surface area contributed by atoms with E-state index in [1.54, 1.807) is 48.5 Å². The Balaban J connectivity index is 1.60. The summed E-state index contributed by atoms with van der Waals surface area (Å²) in [4.78, 5) is 0. The number of benzene rings is 7. The second-order valence-corrected chi connectivity index (χ2v) is 15.5. The van der Waals surface area contributed by atoms with Crippen LogP contribution in [0, 0.1) is 27.7 Å². The second-order valence-electron chi connectivity index (χ2n) is 15.5. The maximum Gasteiger partial charge on any atom is 0.420 e. The quantitative estimate of drug-likeness (QED) is 0.157. The average Bonchev–Trinajstić information content (AvgIpc) is 3.66. The number of hydrogen-bond acceptors (Lipinski definition) is 0. The van der Waals surface area contributed by atoms with Crippen LogP contribution in [0.3, 0.4) is 0 Å². The molecule has 0 aliphatic carbocycles. The van der Waals surface area contributed by atoms with Crippen molar-refractivity contribution in [2.75, 3.05) is 0 Å². The van der Waals surface area contributed by atoms with Gasteiger partial charge in [-0.1, -0.05) is 70.8 Å². The standard InChI is InChI=1S/C49H33F9N2/c1-26-11-15-40-36(19-26)37-20-27(2)12-16-41(37)59(40)45-34(30-7-5-9-32(23-30)47(50,51)52)25-35(31-8-6-10-33(24-31)48(53,54)55)46(44(45)49(56,57)58)60-42-17-13-28(3)21-38(42)39-22-29(4)14-18-43(39)60/h5-25H,1-4H3. The van der Waals surface area contributed by atoms with Gasteiger partial charge in [-0.15, -0.1) is 0 Å². The Labute approximate surface area is 337 Å². The van der Waals surface area contributed by atoms with Crippen molar-refractivity contribution >= 4 is 43.6 Å². The van der Waals surface area contributed by atoms with Crippen molar-refractivity contribution in [1.29, 1.82) is 0 Å². The van der Waals surface area contributed by atoms with Crippen LogP contribution in [0.2, 0.25) is 0 Å². The van der Waals surface area contributed by atoms with Crippen LogP contribution in [0.5, 0.6) is 0 Å². The highest BCUT2D eigenvalue weighted by Gasteiger charge is 2.43. The fourth-order valence-corrected chi connectivity index (χ4v) is 8.55. The number of aromatic nitrogens is 2. The van der Waals surface area contributed by atoms with E-state index in [4.69, 9.17) is 0 Å². The van der Waals surface area contributed by atoms with Gasteiger partial charge in [-0.3, -0.25) is 0 Å². The van der Waals surface area contributed by atoms with Crippen molar-refractivity contribution in [3.63, 3.8) is 0 Å². The molecular weight excluding hydrogens is 788 g/mol. The minimum Gasteiger partial charge on any atom is -0.308 e. The third kappa shape index (κ3) is 6.38. The first-order valence-electron chi connectivity index (χ1n) is 19.0. The first kappa shape index (κ1) is 39.0. The molecule has 11 heteroatoms. The highest BCUT2D eigenvalue weighted by atomic mass is 19.4. The molecule has 0 aliphatic rings. The van der Waals surface area contributed by atoms with Crippen LogP contribution < -0.4 is 0 Å². The van der Waals surface area contributed by atoms with Crippen molar-refractivity contribution in [2.24, 2.45) is 0 Å². The molecule has 0 spiro atoms. The van der Waals surface area contributed by atoms with E-state index in [-0.39, 0.29) is 22.3 Å². The van der Waals surface area contributed by atoms with Gasteiger partial charge in [0.2, 0.25) is 0 Å². The Bertz CT molecular complexity index is 2890. The van der Waals surface area contributed by atoms with Crippen LogP contribution in [0.15, 0.2) is 127 Å². The second kappa shape index (κ2) is 13.5. The molecule has 2 aromatic heterocycles. The zero-order valence-electron chi connectivity index (χ0n) is 32.4. The van der Waals surface area contributed by atoms with Crippen LogP contribution in [0.4, 0.5) is 39.5 Å². The average molecular weight is 821 g/mol. The lowest BCUT2D eigenvalue weighted by atomic mass is 9.89. The number of hydrogen-bond donors (Lipinski definition) is 0. The number of aryl methyl sites for hydroxylation is 4. The van der Waals surface area contributed by atoms with Crippen molar-refractivity contribution < 1.29 is 39.5 Å². The summed E-state index contributed by atoms with van der Waals surface area (Å²) in [6, 6.07) is 30.4. The summed E-state index contributed by atoms with van der Waals surface area (Å²) in [6.07, 6.45) is -15.0. The zero-order valence-corrected chi connectivity index (χ0v) is 32.4. The Kier molecular flexibility index (Phi) is 8.79. The predicted molar refractivity (Wildman–Crippen MR) is 220 cm³/mol. The summed E-state index contributed by atoms with van der Waals surface area (Å²) >= 11 is 0. The normalized spacial score (nSPS) is 12.8. The molecule has 0 saturated carbocycles. The van der Waals surface area contributed by atoms with Crippen LogP contribution in [0.1, 0.15) is 38.9 Å². The highest BCUT2D eigenvalue weighted by Crippen LogP contribution is 2.52. The van der Waals surface area contributed by atoms with Crippen LogP contribution >= 0.6 is 0 Å². The summed E-state index contributed by atoms with van der Waals surface area (Å²) in [6.45, 7) is 7.39. The molecule has 2 nitrogen and oxygen atoms in total. The molecule has 7 aromatic carbocycles. The molecule has 0 bridgehead atoms. The van der Waals surface area contributed by atoms with Gasteiger partial charge >= 0.3 is 18.5 Å². The molecule has 0 radical (unpaired) electrons. The number of halogens is 9. The molecule has 0 fully saturated rings. The Morgan fingerprint density at radius 3 is 0.950 bits per heavy atom. The molecule has 0 unspecified atom stereocenters. The molecule has 60 heavy (non-hydrogen) atoms. The van der Waals surface area contributed by atoms with Gasteiger partial charge in [-0.25, -0.2) is 0 Å². The molecule has 0 amide bonds. The van der Waals surface area contributed by atoms with E-state index in [0.29, 0.717) is 43.6 Å². The Morgan fingerprint density at radius 2 is 0.667 bits per heavy atom. The lowest BCUT2D eigenvalue weighted by Crippen LogP contribution is -2.18. The largest absolute Gasteiger partial charge is 0.420 e. The minimum atomic E-state index is -5.25. The lowest BCUT2D eigenvalue weighted by molar-refractivity contribution is -0.138. The van der Waals surface area contributed by atoms with Gasteiger partial charge in [0.15, 0.2) is 0 Å². The molecule has 2 heterocycles. The fourth-order valence-electron chi connectivity index (χ4n) is 8.55. The highest BCUT2D eigenvalue weighted by molar-refractivity contribution is 6.13. The maximum atomic E-state index is 16.9. The summed E-state index contributed by atoms with van der Waals surface area (Å²) in [5.41, 5.74) is -0.654. The summed E-state index contributed by atoms with van der Waals surface area (Å²) < 4.78 is 140. The zero-order chi connectivity index (χ0) is 42.6. The van der Waals surface area contributed by atoms with Gasteiger partial charge in [-0.2, -0.15) is 39.5 Å². The molecule has 0 N–H and O–H groups in total. The van der Waals surface area contributed by atoms with Crippen molar-refractivity contribution in [1.82, 2.24) is 9.13 Å². The van der Waals surface area contributed by atoms with E-state index < -0.39 is 46.6 Å². The topological polar surface area (TPSA) is 9.86 Å². The maximum absolute atomic E-state index is 16.9. The van der Waals surface area contributed by atoms with Crippen LogP contribution in [0.25, 0.3) is 77.2 Å². The van der Waals surface area contributed by atoms with E-state index >= 15 is 13.2 Å². The first-order chi connectivity index (χ1) is 28.3. The number of rotatable bonds is 4. The molecular formula is C49H33F9N2. The minimum absolute atomic E-state index is 0.215. The number of fused-ring (bicyclic) bond motifs is 6. The third-order valence-corrected chi connectivity index (χ3v) is 11.2. The van der Waals surface area contributed by atoms with E-state index in [9.17, 15) is 26.3 Å². The molecule has 0 aliphatic heterocycles. The first-order valence-corrected chi connectivity index (χ1v) is 19.0. The van der Waals surface area contributed by atoms with Gasteiger partial charge in [0.05, 0.1) is 44.6 Å². The van der Waals surface area contributed by atoms with Gasteiger partial charge in [0.1, 0.15) is 5.56 Å². The van der Waals surface area contributed by atoms with E-state index in [1.807, 2.05) is 52.0 Å². The van der Waals surface area contributed by atoms with Crippen LogP contribution in [-0.2, 0) is 18.5 Å². The monoisotopic (exact) mass is 820 g/mol. The van der Waals surface area contributed by atoms with Gasteiger partial charge in [-0.05, 0) is 118 Å². The van der Waals surface area contributed by atoms with Gasteiger partial charge < -0.3 is 9.13 Å². The SMILES string of the molecule is Cc1ccc2c(c1)c1cc(C)ccc1n2-c1c(-c2cccc(C(F)(F)F)c2)cc(-c2cccc(C(F)(F)F)c2)c(-n2c3ccc(C)cc3c3cc(C)ccc32)c1C(F)(F)F. The summed E-state index contributed by atoms with van der Waals surface area (Å²) in [5.74, 6) is 0. The smallest absolute Gasteiger partial charge is 0.308 e. The van der Waals surface area contributed by atoms with Crippen molar-refractivity contribution in [2.45, 2.75) is 46.2 Å². The van der Waals surface area contributed by atoms with E-state index in [2.05, 4.69) is 0 Å². The fraction of sp³-hybridized carbons (Fsp3) is 0.143. The van der Waals surface area contributed by atoms with Gasteiger partial charge in [0.25, 0.3) is 0 Å². The molecule has 9 rings (SSSR count).